The third-order valence-corrected chi connectivity index (χ3v) is 4.53. The number of benzene rings is 1. The molecule has 0 spiro atoms. The van der Waals surface area contributed by atoms with E-state index in [-0.39, 0.29) is 34.9 Å². The number of carbonyl (C=O) groups is 2. The van der Waals surface area contributed by atoms with Gasteiger partial charge in [-0.2, -0.15) is 0 Å². The maximum absolute atomic E-state index is 13.9. The van der Waals surface area contributed by atoms with Gasteiger partial charge in [0.25, 0.3) is 0 Å². The molecule has 2 amide bonds. The van der Waals surface area contributed by atoms with Crippen molar-refractivity contribution in [3.05, 3.63) is 34.6 Å². The van der Waals surface area contributed by atoms with Crippen LogP contribution < -0.4 is 5.32 Å². The minimum atomic E-state index is -0.622. The van der Waals surface area contributed by atoms with Gasteiger partial charge in [-0.05, 0) is 37.8 Å². The van der Waals surface area contributed by atoms with Crippen LogP contribution in [0.3, 0.4) is 0 Å². The van der Waals surface area contributed by atoms with E-state index in [0.29, 0.717) is 0 Å². The van der Waals surface area contributed by atoms with Crippen LogP contribution in [-0.4, -0.2) is 28.8 Å². The molecule has 4 nitrogen and oxygen atoms in total. The standard InChI is InChI=1S/C15H16ClFN2O2/c1-8-14(20)18-13(9-5-6-9)15(21)19(8)7-10-11(16)3-2-4-12(10)17/h2-4,8-9,13H,5-7H2,1H3,(H,18,20). The number of nitrogens with one attached hydrogen (secondary N) is 1. The molecule has 21 heavy (non-hydrogen) atoms. The van der Waals surface area contributed by atoms with Crippen LogP contribution in [0.25, 0.3) is 0 Å². The van der Waals surface area contributed by atoms with Gasteiger partial charge in [-0.3, -0.25) is 9.59 Å². The highest BCUT2D eigenvalue weighted by Gasteiger charge is 2.45. The number of halogens is 2. The number of rotatable bonds is 3. The molecule has 1 heterocycles. The molecule has 2 fully saturated rings. The van der Waals surface area contributed by atoms with Gasteiger partial charge in [0.15, 0.2) is 0 Å². The minimum Gasteiger partial charge on any atom is -0.342 e. The fourth-order valence-electron chi connectivity index (χ4n) is 2.66. The number of hydrogen-bond donors (Lipinski definition) is 1. The molecule has 0 radical (unpaired) electrons. The predicted octanol–water partition coefficient (Wildman–Crippen LogP) is 2.10. The van der Waals surface area contributed by atoms with Gasteiger partial charge in [0.1, 0.15) is 17.9 Å². The average Bonchev–Trinajstić information content (AvgIpc) is 3.26. The van der Waals surface area contributed by atoms with Crippen molar-refractivity contribution in [2.75, 3.05) is 0 Å². The highest BCUT2D eigenvalue weighted by atomic mass is 35.5. The summed E-state index contributed by atoms with van der Waals surface area (Å²) in [6.07, 6.45) is 1.89. The summed E-state index contributed by atoms with van der Waals surface area (Å²) in [5.74, 6) is -0.591. The lowest BCUT2D eigenvalue weighted by Gasteiger charge is -2.37. The monoisotopic (exact) mass is 310 g/mol. The van der Waals surface area contributed by atoms with E-state index in [2.05, 4.69) is 5.32 Å². The molecule has 1 aromatic carbocycles. The van der Waals surface area contributed by atoms with Gasteiger partial charge in [-0.15, -0.1) is 0 Å². The van der Waals surface area contributed by atoms with Gasteiger partial charge in [-0.1, -0.05) is 17.7 Å². The van der Waals surface area contributed by atoms with Gasteiger partial charge in [0, 0.05) is 10.6 Å². The summed E-state index contributed by atoms with van der Waals surface area (Å²) >= 11 is 6.01. The van der Waals surface area contributed by atoms with Crippen LogP contribution in [0, 0.1) is 11.7 Å². The van der Waals surface area contributed by atoms with Gasteiger partial charge in [-0.25, -0.2) is 4.39 Å². The Morgan fingerprint density at radius 3 is 2.71 bits per heavy atom. The molecule has 1 aromatic rings. The van der Waals surface area contributed by atoms with E-state index in [4.69, 9.17) is 11.6 Å². The quantitative estimate of drug-likeness (QED) is 0.929. The molecule has 2 aliphatic rings. The molecule has 1 saturated heterocycles. The summed E-state index contributed by atoms with van der Waals surface area (Å²) in [4.78, 5) is 26.0. The Balaban J connectivity index is 1.88. The van der Waals surface area contributed by atoms with Crippen LogP contribution in [0.15, 0.2) is 18.2 Å². The average molecular weight is 311 g/mol. The Bertz CT molecular complexity index is 583. The first kappa shape index (κ1) is 14.3. The second-order valence-electron chi connectivity index (χ2n) is 5.67. The molecule has 3 rings (SSSR count). The minimum absolute atomic E-state index is 0.0160. The van der Waals surface area contributed by atoms with E-state index in [1.54, 1.807) is 13.0 Å². The summed E-state index contributed by atoms with van der Waals surface area (Å²) in [5, 5.41) is 3.03. The third kappa shape index (κ3) is 2.62. The lowest BCUT2D eigenvalue weighted by molar-refractivity contribution is -0.150. The maximum Gasteiger partial charge on any atom is 0.246 e. The molecular formula is C15H16ClFN2O2. The zero-order chi connectivity index (χ0) is 15.1. The largest absolute Gasteiger partial charge is 0.342 e. The molecule has 1 saturated carbocycles. The Labute approximate surface area is 127 Å². The van der Waals surface area contributed by atoms with E-state index in [1.807, 2.05) is 0 Å². The fraction of sp³-hybridized carbons (Fsp3) is 0.467. The Morgan fingerprint density at radius 2 is 2.10 bits per heavy atom. The number of hydrogen-bond acceptors (Lipinski definition) is 2. The number of amides is 2. The predicted molar refractivity (Wildman–Crippen MR) is 76.1 cm³/mol. The van der Waals surface area contributed by atoms with Crippen molar-refractivity contribution >= 4 is 23.4 Å². The topological polar surface area (TPSA) is 49.4 Å². The second-order valence-corrected chi connectivity index (χ2v) is 6.07. The van der Waals surface area contributed by atoms with Crippen molar-refractivity contribution in [3.63, 3.8) is 0 Å². The van der Waals surface area contributed by atoms with E-state index in [9.17, 15) is 14.0 Å². The van der Waals surface area contributed by atoms with Gasteiger partial charge in [0.2, 0.25) is 11.8 Å². The first-order valence-electron chi connectivity index (χ1n) is 7.03. The lowest BCUT2D eigenvalue weighted by atomic mass is 10.0. The zero-order valence-corrected chi connectivity index (χ0v) is 12.4. The fourth-order valence-corrected chi connectivity index (χ4v) is 2.89. The highest BCUT2D eigenvalue weighted by Crippen LogP contribution is 2.35. The van der Waals surface area contributed by atoms with Crippen molar-refractivity contribution in [2.45, 2.75) is 38.4 Å². The SMILES string of the molecule is CC1C(=O)NC(C2CC2)C(=O)N1Cc1c(F)cccc1Cl. The lowest BCUT2D eigenvalue weighted by Crippen LogP contribution is -2.62. The molecule has 1 aliphatic carbocycles. The van der Waals surface area contributed by atoms with Crippen molar-refractivity contribution in [2.24, 2.45) is 5.92 Å². The summed E-state index contributed by atoms with van der Waals surface area (Å²) in [6, 6.07) is 3.31. The highest BCUT2D eigenvalue weighted by molar-refractivity contribution is 6.31. The van der Waals surface area contributed by atoms with Crippen LogP contribution in [-0.2, 0) is 16.1 Å². The van der Waals surface area contributed by atoms with Gasteiger partial charge in [0.05, 0.1) is 6.54 Å². The Kier molecular flexibility index (Phi) is 3.61. The van der Waals surface area contributed by atoms with Crippen LogP contribution in [0.1, 0.15) is 25.3 Å². The second kappa shape index (κ2) is 5.30. The Morgan fingerprint density at radius 1 is 1.38 bits per heavy atom. The molecule has 2 unspecified atom stereocenters. The van der Waals surface area contributed by atoms with E-state index in [0.717, 1.165) is 12.8 Å². The molecule has 2 atom stereocenters. The normalized spacial score (nSPS) is 26.0. The van der Waals surface area contributed by atoms with Crippen LogP contribution >= 0.6 is 11.6 Å². The van der Waals surface area contributed by atoms with Gasteiger partial charge >= 0.3 is 0 Å². The first-order valence-corrected chi connectivity index (χ1v) is 7.40. The summed E-state index contributed by atoms with van der Waals surface area (Å²) in [6.45, 7) is 1.66. The van der Waals surface area contributed by atoms with Crippen LogP contribution in [0.2, 0.25) is 5.02 Å². The van der Waals surface area contributed by atoms with Crippen LogP contribution in [0.4, 0.5) is 4.39 Å². The number of nitrogens with zero attached hydrogens (tertiary/aromatic N) is 1. The molecular weight excluding hydrogens is 295 g/mol. The summed E-state index contributed by atoms with van der Waals surface area (Å²) < 4.78 is 13.9. The van der Waals surface area contributed by atoms with Crippen molar-refractivity contribution < 1.29 is 14.0 Å². The number of piperazine rings is 1. The Hall–Kier alpha value is -1.62. The van der Waals surface area contributed by atoms with E-state index in [1.165, 1.54) is 17.0 Å². The van der Waals surface area contributed by atoms with Crippen molar-refractivity contribution in [1.29, 1.82) is 0 Å². The zero-order valence-electron chi connectivity index (χ0n) is 11.6. The maximum atomic E-state index is 13.9. The third-order valence-electron chi connectivity index (χ3n) is 4.18. The van der Waals surface area contributed by atoms with E-state index >= 15 is 0 Å². The molecule has 112 valence electrons. The molecule has 1 aliphatic heterocycles. The summed E-state index contributed by atoms with van der Waals surface area (Å²) in [5.41, 5.74) is 0.253. The first-order chi connectivity index (χ1) is 9.99. The molecule has 0 bridgehead atoms. The smallest absolute Gasteiger partial charge is 0.246 e. The van der Waals surface area contributed by atoms with Crippen LogP contribution in [0.5, 0.6) is 0 Å². The number of carbonyl (C=O) groups excluding carboxylic acids is 2. The molecule has 6 heteroatoms. The van der Waals surface area contributed by atoms with Gasteiger partial charge < -0.3 is 10.2 Å². The van der Waals surface area contributed by atoms with Crippen molar-refractivity contribution in [1.82, 2.24) is 10.2 Å². The molecule has 0 aromatic heterocycles. The van der Waals surface area contributed by atoms with E-state index < -0.39 is 17.9 Å². The molecule has 1 N–H and O–H groups in total. The summed E-state index contributed by atoms with van der Waals surface area (Å²) in [7, 11) is 0. The van der Waals surface area contributed by atoms with Crippen molar-refractivity contribution in [3.8, 4) is 0 Å².